The number of hydrogen-bond donors (Lipinski definition) is 1. The van der Waals surface area contributed by atoms with Crippen LogP contribution in [0.2, 0.25) is 0 Å². The van der Waals surface area contributed by atoms with E-state index in [2.05, 4.69) is 30.1 Å². The van der Waals surface area contributed by atoms with Crippen LogP contribution >= 0.6 is 0 Å². The molecule has 0 radical (unpaired) electrons. The minimum atomic E-state index is 0.288. The van der Waals surface area contributed by atoms with E-state index in [4.69, 9.17) is 0 Å². The van der Waals surface area contributed by atoms with Crippen LogP contribution in [0.3, 0.4) is 0 Å². The van der Waals surface area contributed by atoms with Crippen LogP contribution in [-0.4, -0.2) is 35.9 Å². The maximum absolute atomic E-state index is 9.47. The van der Waals surface area contributed by atoms with Gasteiger partial charge in [-0.2, -0.15) is 0 Å². The van der Waals surface area contributed by atoms with Crippen molar-refractivity contribution in [2.75, 3.05) is 14.1 Å². The van der Waals surface area contributed by atoms with Crippen LogP contribution in [0.4, 0.5) is 5.69 Å². The van der Waals surface area contributed by atoms with Crippen molar-refractivity contribution in [2.24, 2.45) is 4.99 Å². The Balaban J connectivity index is 2.07. The van der Waals surface area contributed by atoms with E-state index in [-0.39, 0.29) is 5.75 Å². The molecule has 3 rings (SSSR count). The minimum Gasteiger partial charge on any atom is -0.508 e. The molecule has 1 aliphatic heterocycles. The lowest BCUT2D eigenvalue weighted by molar-refractivity contribution is 0.330. The summed E-state index contributed by atoms with van der Waals surface area (Å²) in [6, 6.07) is 5.93. The Hall–Kier alpha value is -1.61. The van der Waals surface area contributed by atoms with E-state index < -0.39 is 0 Å². The monoisotopic (exact) mass is 228 g/mol. The molecule has 0 bridgehead atoms. The fraction of sp³-hybridized carbons (Fsp3) is 0.357. The summed E-state index contributed by atoms with van der Waals surface area (Å²) in [4.78, 5) is 6.84. The normalized spacial score (nSPS) is 21.9. The van der Waals surface area contributed by atoms with E-state index in [9.17, 15) is 5.11 Å². The standard InChI is InChI=1S/C14H16N2O/c1-16(2)9-3-6-13-12(7-9)11-5-4-10(17)8-14(11)15-13/h4-5,7-9,17H,3,6H2,1-2H3. The predicted octanol–water partition coefficient (Wildman–Crippen LogP) is 2.59. The second-order valence-electron chi connectivity index (χ2n) is 4.91. The van der Waals surface area contributed by atoms with Crippen LogP contribution in [0.5, 0.6) is 5.75 Å². The summed E-state index contributed by atoms with van der Waals surface area (Å²) < 4.78 is 0. The van der Waals surface area contributed by atoms with Crippen LogP contribution in [0.15, 0.2) is 29.3 Å². The van der Waals surface area contributed by atoms with Gasteiger partial charge < -0.3 is 10.0 Å². The third-order valence-electron chi connectivity index (χ3n) is 3.54. The Bertz CT molecular complexity index is 529. The second kappa shape index (κ2) is 3.70. The van der Waals surface area contributed by atoms with Crippen molar-refractivity contribution in [1.82, 2.24) is 4.90 Å². The summed E-state index contributed by atoms with van der Waals surface area (Å²) in [5, 5.41) is 9.47. The Labute approximate surface area is 101 Å². The number of allylic oxidation sites excluding steroid dienone is 1. The molecule has 1 aromatic carbocycles. The molecule has 0 saturated carbocycles. The zero-order valence-corrected chi connectivity index (χ0v) is 10.1. The predicted molar refractivity (Wildman–Crippen MR) is 69.9 cm³/mol. The van der Waals surface area contributed by atoms with E-state index in [1.165, 1.54) is 11.3 Å². The molecule has 1 heterocycles. The summed E-state index contributed by atoms with van der Waals surface area (Å²) in [7, 11) is 4.22. The largest absolute Gasteiger partial charge is 0.508 e. The lowest BCUT2D eigenvalue weighted by Crippen LogP contribution is -2.29. The highest BCUT2D eigenvalue weighted by Crippen LogP contribution is 2.40. The average Bonchev–Trinajstić information content (AvgIpc) is 2.64. The summed E-state index contributed by atoms with van der Waals surface area (Å²) in [6.45, 7) is 0. The molecule has 0 spiro atoms. The van der Waals surface area contributed by atoms with E-state index in [0.717, 1.165) is 24.1 Å². The third kappa shape index (κ3) is 1.67. The van der Waals surface area contributed by atoms with Gasteiger partial charge in [-0.1, -0.05) is 6.08 Å². The average molecular weight is 228 g/mol. The molecule has 0 amide bonds. The van der Waals surface area contributed by atoms with Gasteiger partial charge in [-0.05, 0) is 39.1 Å². The highest BCUT2D eigenvalue weighted by atomic mass is 16.3. The quantitative estimate of drug-likeness (QED) is 0.802. The lowest BCUT2D eigenvalue weighted by Gasteiger charge is -2.26. The number of phenols is 1. The van der Waals surface area contributed by atoms with Gasteiger partial charge in [0, 0.05) is 29.0 Å². The van der Waals surface area contributed by atoms with Crippen molar-refractivity contribution in [2.45, 2.75) is 18.9 Å². The van der Waals surface area contributed by atoms with Gasteiger partial charge in [0.05, 0.1) is 5.69 Å². The fourth-order valence-corrected chi connectivity index (χ4v) is 2.55. The van der Waals surface area contributed by atoms with Gasteiger partial charge in [0.1, 0.15) is 5.75 Å². The second-order valence-corrected chi connectivity index (χ2v) is 4.91. The Morgan fingerprint density at radius 3 is 2.94 bits per heavy atom. The van der Waals surface area contributed by atoms with Crippen LogP contribution in [0.1, 0.15) is 18.4 Å². The van der Waals surface area contributed by atoms with Crippen LogP contribution in [-0.2, 0) is 0 Å². The van der Waals surface area contributed by atoms with Crippen molar-refractivity contribution in [3.63, 3.8) is 0 Å². The molecule has 17 heavy (non-hydrogen) atoms. The summed E-state index contributed by atoms with van der Waals surface area (Å²) in [6.07, 6.45) is 4.44. The molecular weight excluding hydrogens is 212 g/mol. The number of aromatic hydroxyl groups is 1. The van der Waals surface area contributed by atoms with Crippen LogP contribution in [0, 0.1) is 0 Å². The number of rotatable bonds is 1. The maximum Gasteiger partial charge on any atom is 0.117 e. The van der Waals surface area contributed by atoms with E-state index in [1.807, 2.05) is 6.07 Å². The van der Waals surface area contributed by atoms with Crippen molar-refractivity contribution in [3.05, 3.63) is 29.8 Å². The van der Waals surface area contributed by atoms with Gasteiger partial charge in [-0.15, -0.1) is 0 Å². The highest BCUT2D eigenvalue weighted by molar-refractivity contribution is 6.29. The number of nitrogens with zero attached hydrogens (tertiary/aromatic N) is 2. The minimum absolute atomic E-state index is 0.288. The van der Waals surface area contributed by atoms with E-state index in [1.54, 1.807) is 12.1 Å². The molecule has 88 valence electrons. The van der Waals surface area contributed by atoms with Gasteiger partial charge >= 0.3 is 0 Å². The van der Waals surface area contributed by atoms with Gasteiger partial charge in [0.15, 0.2) is 0 Å². The van der Waals surface area contributed by atoms with Gasteiger partial charge in [0.25, 0.3) is 0 Å². The number of hydrogen-bond acceptors (Lipinski definition) is 3. The molecule has 2 aliphatic rings. The SMILES string of the molecule is CN(C)C1C=C2C(=Nc3cc(O)ccc32)CC1. The lowest BCUT2D eigenvalue weighted by atomic mass is 9.90. The van der Waals surface area contributed by atoms with E-state index in [0.29, 0.717) is 6.04 Å². The van der Waals surface area contributed by atoms with Crippen LogP contribution < -0.4 is 0 Å². The number of phenolic OH excluding ortho intramolecular Hbond substituents is 1. The number of likely N-dealkylation sites (N-methyl/N-ethyl adjacent to an activating group) is 1. The highest BCUT2D eigenvalue weighted by Gasteiger charge is 2.27. The first-order valence-corrected chi connectivity index (χ1v) is 5.95. The van der Waals surface area contributed by atoms with Crippen molar-refractivity contribution < 1.29 is 5.11 Å². The van der Waals surface area contributed by atoms with Gasteiger partial charge in [-0.25, -0.2) is 0 Å². The molecule has 1 aliphatic carbocycles. The van der Waals surface area contributed by atoms with Crippen molar-refractivity contribution in [1.29, 1.82) is 0 Å². The maximum atomic E-state index is 9.47. The molecule has 1 unspecified atom stereocenters. The first kappa shape index (κ1) is 10.5. The summed E-state index contributed by atoms with van der Waals surface area (Å²) in [5.41, 5.74) is 4.49. The topological polar surface area (TPSA) is 35.8 Å². The Kier molecular flexibility index (Phi) is 2.30. The Morgan fingerprint density at radius 2 is 2.18 bits per heavy atom. The van der Waals surface area contributed by atoms with Crippen molar-refractivity contribution >= 4 is 17.0 Å². The van der Waals surface area contributed by atoms with Gasteiger partial charge in [-0.3, -0.25) is 4.99 Å². The third-order valence-corrected chi connectivity index (χ3v) is 3.54. The molecule has 0 saturated heterocycles. The summed E-state index contributed by atoms with van der Waals surface area (Å²) in [5.74, 6) is 0.288. The van der Waals surface area contributed by atoms with E-state index >= 15 is 0 Å². The van der Waals surface area contributed by atoms with Gasteiger partial charge in [0.2, 0.25) is 0 Å². The Morgan fingerprint density at radius 1 is 1.35 bits per heavy atom. The van der Waals surface area contributed by atoms with Crippen LogP contribution in [0.25, 0.3) is 5.57 Å². The molecule has 0 aromatic heterocycles. The molecule has 3 nitrogen and oxygen atoms in total. The molecule has 3 heteroatoms. The number of fused-ring (bicyclic) bond motifs is 3. The first-order chi connectivity index (χ1) is 8.15. The zero-order valence-electron chi connectivity index (χ0n) is 10.1. The molecule has 1 N–H and O–H groups in total. The molecule has 0 fully saturated rings. The summed E-state index contributed by atoms with van der Waals surface area (Å²) >= 11 is 0. The molecular formula is C14H16N2O. The number of benzene rings is 1. The fourth-order valence-electron chi connectivity index (χ4n) is 2.55. The number of aliphatic imine (C=N–C) groups is 1. The molecule has 1 atom stereocenters. The molecule has 1 aromatic rings. The zero-order chi connectivity index (χ0) is 12.0. The first-order valence-electron chi connectivity index (χ1n) is 5.95. The smallest absolute Gasteiger partial charge is 0.117 e. The van der Waals surface area contributed by atoms with Crippen molar-refractivity contribution in [3.8, 4) is 5.75 Å².